The van der Waals surface area contributed by atoms with Gasteiger partial charge in [0.1, 0.15) is 5.75 Å². The van der Waals surface area contributed by atoms with Crippen molar-refractivity contribution in [3.63, 3.8) is 0 Å². The predicted octanol–water partition coefficient (Wildman–Crippen LogP) is 6.92. The highest BCUT2D eigenvalue weighted by molar-refractivity contribution is 6.06. The summed E-state index contributed by atoms with van der Waals surface area (Å²) in [5, 5.41) is 16.4. The average molecular weight is 600 g/mol. The van der Waals surface area contributed by atoms with Crippen LogP contribution in [0.25, 0.3) is 0 Å². The van der Waals surface area contributed by atoms with Gasteiger partial charge in [-0.15, -0.1) is 12.4 Å². The van der Waals surface area contributed by atoms with Crippen LogP contribution in [0.2, 0.25) is 0 Å². The monoisotopic (exact) mass is 599 g/mol. The van der Waals surface area contributed by atoms with Gasteiger partial charge in [-0.3, -0.25) is 4.79 Å². The summed E-state index contributed by atoms with van der Waals surface area (Å²) in [6.45, 7) is 5.63. The van der Waals surface area contributed by atoms with Gasteiger partial charge in [0, 0.05) is 43.3 Å². The smallest absolute Gasteiger partial charge is 0.259 e. The molecule has 3 heterocycles. The molecule has 0 saturated carbocycles. The zero-order valence-electron chi connectivity index (χ0n) is 23.9. The van der Waals surface area contributed by atoms with E-state index in [1.54, 1.807) is 25.1 Å². The number of amides is 1. The minimum Gasteiger partial charge on any atom is -0.507 e. The standard InChI is InChI=1S/C27H33N7O2.ClH.4H3N.4H2/c1-19-9-8-10-22(23(19)35)24(36)28-20-11-13-21(14-12-20)29-25-30-26(33-15-4-2-5-16-33)32-27(31-25)34-17-6-3-7-18-34;;;;;;;;;/h8-14,35H,2-7,15-18H2,1H3,(H,28,36)(H,29,30,31,32);1H;4*1H3;4*1H. The fourth-order valence-electron chi connectivity index (χ4n) is 4.69. The molecule has 3 aromatic rings. The quantitative estimate of drug-likeness (QED) is 0.152. The molecule has 2 aliphatic rings. The van der Waals surface area contributed by atoms with Crippen molar-refractivity contribution in [2.45, 2.75) is 45.4 Å². The number of aromatic hydroxyl groups is 1. The topological polar surface area (TPSA) is 247 Å². The lowest BCUT2D eigenvalue weighted by Crippen LogP contribution is -2.34. The first-order chi connectivity index (χ1) is 17.6. The van der Waals surface area contributed by atoms with E-state index in [0.29, 0.717) is 17.2 Å². The number of nitrogens with one attached hydrogen (secondary N) is 2. The van der Waals surface area contributed by atoms with Crippen LogP contribution in [0.15, 0.2) is 42.5 Å². The van der Waals surface area contributed by atoms with E-state index in [1.165, 1.54) is 12.8 Å². The van der Waals surface area contributed by atoms with Gasteiger partial charge in [-0.05, 0) is 81.3 Å². The highest BCUT2D eigenvalue weighted by Gasteiger charge is 2.20. The number of carbonyl (C=O) groups excluding carboxylic acids is 1. The Labute approximate surface area is 254 Å². The number of aryl methyl sites for hydroxylation is 1. The summed E-state index contributed by atoms with van der Waals surface area (Å²) in [5.74, 6) is 1.63. The molecule has 0 unspecified atom stereocenters. The van der Waals surface area contributed by atoms with Crippen LogP contribution in [0.4, 0.5) is 29.2 Å². The Morgan fingerprint density at radius 2 is 1.24 bits per heavy atom. The van der Waals surface area contributed by atoms with Gasteiger partial charge >= 0.3 is 0 Å². The third-order valence-electron chi connectivity index (χ3n) is 6.77. The number of benzene rings is 2. The molecule has 13 nitrogen and oxygen atoms in total. The number of halogens is 1. The van der Waals surface area contributed by atoms with E-state index in [4.69, 9.17) is 15.0 Å². The number of rotatable bonds is 6. The molecule has 0 aliphatic carbocycles. The molecule has 2 fully saturated rings. The Morgan fingerprint density at radius 3 is 1.76 bits per heavy atom. The SMILES string of the molecule is Cc1cccc(C(=O)Nc2ccc(Nc3nc(N4CCCCC4)nc(N4CCCCC4)n3)cc2)c1O.Cl.N.N.N.N.[HH].[HH].[HH].[HH]. The molecule has 0 radical (unpaired) electrons. The summed E-state index contributed by atoms with van der Waals surface area (Å²) in [6.07, 6.45) is 7.11. The third kappa shape index (κ3) is 9.13. The fourth-order valence-corrected chi connectivity index (χ4v) is 4.69. The minimum absolute atomic E-state index is 0. The van der Waals surface area contributed by atoms with Crippen molar-refractivity contribution >= 4 is 47.5 Å². The molecular weight excluding hydrogens is 546 g/mol. The van der Waals surface area contributed by atoms with Crippen molar-refractivity contribution in [1.82, 2.24) is 39.6 Å². The van der Waals surface area contributed by atoms with Crippen molar-refractivity contribution in [1.29, 1.82) is 0 Å². The Morgan fingerprint density at radius 1 is 0.756 bits per heavy atom. The number of hydrogen-bond donors (Lipinski definition) is 7. The van der Waals surface area contributed by atoms with Crippen molar-refractivity contribution in [3.8, 4) is 5.75 Å². The van der Waals surface area contributed by atoms with Crippen LogP contribution in [0.3, 0.4) is 0 Å². The molecule has 2 saturated heterocycles. The van der Waals surface area contributed by atoms with Crippen molar-refractivity contribution < 1.29 is 15.6 Å². The fraction of sp³-hybridized carbons (Fsp3) is 0.407. The first-order valence-electron chi connectivity index (χ1n) is 12.8. The number of piperidine rings is 2. The largest absolute Gasteiger partial charge is 0.507 e. The van der Waals surface area contributed by atoms with Crippen LogP contribution in [0.5, 0.6) is 5.75 Å². The number of aromatic nitrogens is 3. The zero-order chi connectivity index (χ0) is 24.9. The van der Waals surface area contributed by atoms with Crippen LogP contribution in [-0.2, 0) is 0 Å². The number of phenols is 1. The molecule has 1 aromatic heterocycles. The normalized spacial score (nSPS) is 14.1. The number of hydrogen-bond acceptors (Lipinski definition) is 12. The molecular formula is C27H54ClN11O2. The molecule has 236 valence electrons. The minimum atomic E-state index is -0.355. The van der Waals surface area contributed by atoms with Crippen LogP contribution < -0.4 is 45.0 Å². The molecule has 14 heteroatoms. The van der Waals surface area contributed by atoms with Gasteiger partial charge in [0.2, 0.25) is 17.8 Å². The second-order valence-corrected chi connectivity index (χ2v) is 9.48. The lowest BCUT2D eigenvalue weighted by atomic mass is 10.1. The first-order valence-corrected chi connectivity index (χ1v) is 12.8. The van der Waals surface area contributed by atoms with Gasteiger partial charge in [-0.25, -0.2) is 0 Å². The lowest BCUT2D eigenvalue weighted by molar-refractivity contribution is 0.102. The molecule has 0 bridgehead atoms. The van der Waals surface area contributed by atoms with Gasteiger partial charge in [-0.1, -0.05) is 12.1 Å². The maximum Gasteiger partial charge on any atom is 0.259 e. The number of phenolic OH excluding ortho intramolecular Hbond substituents is 1. The summed E-state index contributed by atoms with van der Waals surface area (Å²) in [6, 6.07) is 12.5. The van der Waals surface area contributed by atoms with Crippen LogP contribution in [0, 0.1) is 6.92 Å². The molecule has 0 atom stereocenters. The summed E-state index contributed by atoms with van der Waals surface area (Å²) < 4.78 is 0. The molecule has 2 aromatic carbocycles. The molecule has 1 amide bonds. The van der Waals surface area contributed by atoms with Crippen LogP contribution in [0.1, 0.15) is 60.2 Å². The van der Waals surface area contributed by atoms with Gasteiger partial charge < -0.3 is 50.1 Å². The van der Waals surface area contributed by atoms with Gasteiger partial charge in [-0.2, -0.15) is 15.0 Å². The van der Waals surface area contributed by atoms with Crippen molar-refractivity contribution in [3.05, 3.63) is 53.6 Å². The highest BCUT2D eigenvalue weighted by atomic mass is 35.5. The molecule has 15 N–H and O–H groups in total. The number of anilines is 5. The second kappa shape index (κ2) is 17.1. The predicted molar refractivity (Wildman–Crippen MR) is 178 cm³/mol. The Kier molecular flexibility index (Phi) is 15.6. The lowest BCUT2D eigenvalue weighted by Gasteiger charge is -2.30. The van der Waals surface area contributed by atoms with Gasteiger partial charge in [0.25, 0.3) is 5.91 Å². The maximum atomic E-state index is 12.6. The van der Waals surface area contributed by atoms with E-state index in [1.807, 2.05) is 24.3 Å². The second-order valence-electron chi connectivity index (χ2n) is 9.48. The van der Waals surface area contributed by atoms with E-state index in [0.717, 1.165) is 69.4 Å². The van der Waals surface area contributed by atoms with Gasteiger partial charge in [0.15, 0.2) is 0 Å². The van der Waals surface area contributed by atoms with Crippen molar-refractivity contribution in [2.24, 2.45) is 0 Å². The Hall–Kier alpha value is -3.75. The average Bonchev–Trinajstić information content (AvgIpc) is 2.92. The van der Waals surface area contributed by atoms with E-state index >= 15 is 0 Å². The van der Waals surface area contributed by atoms with Crippen LogP contribution in [-0.4, -0.2) is 52.1 Å². The molecule has 0 spiro atoms. The van der Waals surface area contributed by atoms with E-state index in [-0.39, 0.29) is 59.9 Å². The molecule has 5 rings (SSSR count). The Bertz CT molecular complexity index is 1200. The van der Waals surface area contributed by atoms with E-state index in [9.17, 15) is 9.90 Å². The summed E-state index contributed by atoms with van der Waals surface area (Å²) in [7, 11) is 0. The van der Waals surface area contributed by atoms with E-state index < -0.39 is 0 Å². The maximum absolute atomic E-state index is 12.6. The third-order valence-corrected chi connectivity index (χ3v) is 6.77. The van der Waals surface area contributed by atoms with Crippen molar-refractivity contribution in [2.75, 3.05) is 46.6 Å². The number of para-hydroxylation sites is 1. The number of nitrogens with zero attached hydrogens (tertiary/aromatic N) is 5. The highest BCUT2D eigenvalue weighted by Crippen LogP contribution is 2.26. The summed E-state index contributed by atoms with van der Waals surface area (Å²) in [4.78, 5) is 31.4. The summed E-state index contributed by atoms with van der Waals surface area (Å²) in [5.41, 5.74) is 2.35. The number of carbonyl (C=O) groups is 1. The first kappa shape index (κ1) is 37.2. The Balaban J connectivity index is -0.000000593. The van der Waals surface area contributed by atoms with Gasteiger partial charge in [0.05, 0.1) is 5.56 Å². The molecule has 2 aliphatic heterocycles. The zero-order valence-corrected chi connectivity index (χ0v) is 24.8. The summed E-state index contributed by atoms with van der Waals surface area (Å²) >= 11 is 0. The molecule has 41 heavy (non-hydrogen) atoms. The van der Waals surface area contributed by atoms with Crippen LogP contribution >= 0.6 is 12.4 Å². The van der Waals surface area contributed by atoms with E-state index in [2.05, 4.69) is 20.4 Å².